The van der Waals surface area contributed by atoms with Gasteiger partial charge in [0.1, 0.15) is 0 Å². The summed E-state index contributed by atoms with van der Waals surface area (Å²) >= 11 is 0. The van der Waals surface area contributed by atoms with Gasteiger partial charge in [-0.2, -0.15) is 0 Å². The standard InChI is InChI=1S/C31H32N4O5/c1-19-9-14-24(33-31(32)35-30(38)23-16-26(36)28(40-3)27(17-23)39-2)18-25(19)34-29(37)22-12-10-21(11-13-22)15-20-7-5-4-6-8-20/h5,7-14,16-18,36H,4,6,15H2,1-3H3,(H,34,37)(H3,32,33,35,38). The van der Waals surface area contributed by atoms with Gasteiger partial charge in [-0.1, -0.05) is 36.4 Å². The van der Waals surface area contributed by atoms with Gasteiger partial charge < -0.3 is 25.6 Å². The highest BCUT2D eigenvalue weighted by atomic mass is 16.5. The molecule has 40 heavy (non-hydrogen) atoms. The van der Waals surface area contributed by atoms with E-state index >= 15 is 0 Å². The highest BCUT2D eigenvalue weighted by Gasteiger charge is 2.17. The zero-order valence-electron chi connectivity index (χ0n) is 22.7. The Kier molecular flexibility index (Phi) is 8.86. The number of anilines is 1. The van der Waals surface area contributed by atoms with Crippen LogP contribution in [0.4, 0.5) is 11.4 Å². The molecule has 9 nitrogen and oxygen atoms in total. The maximum atomic E-state index is 12.9. The second-order valence-corrected chi connectivity index (χ2v) is 9.27. The smallest absolute Gasteiger partial charge is 0.258 e. The van der Waals surface area contributed by atoms with Gasteiger partial charge in [-0.3, -0.25) is 14.9 Å². The number of methoxy groups -OCH3 is 2. The Morgan fingerprint density at radius 2 is 1.75 bits per heavy atom. The van der Waals surface area contributed by atoms with E-state index in [1.54, 1.807) is 18.2 Å². The van der Waals surface area contributed by atoms with E-state index in [2.05, 4.69) is 33.9 Å². The monoisotopic (exact) mass is 540 g/mol. The van der Waals surface area contributed by atoms with Gasteiger partial charge in [-0.25, -0.2) is 4.99 Å². The number of guanidine groups is 1. The van der Waals surface area contributed by atoms with Crippen molar-refractivity contribution in [2.75, 3.05) is 19.5 Å². The predicted molar refractivity (Wildman–Crippen MR) is 156 cm³/mol. The molecule has 1 aliphatic rings. The summed E-state index contributed by atoms with van der Waals surface area (Å²) in [6.07, 6.45) is 9.57. The average molecular weight is 541 g/mol. The second-order valence-electron chi connectivity index (χ2n) is 9.27. The van der Waals surface area contributed by atoms with E-state index < -0.39 is 5.91 Å². The van der Waals surface area contributed by atoms with Gasteiger partial charge in [0.05, 0.1) is 19.9 Å². The molecule has 1 aliphatic carbocycles. The van der Waals surface area contributed by atoms with Crippen molar-refractivity contribution < 1.29 is 24.2 Å². The van der Waals surface area contributed by atoms with E-state index in [0.717, 1.165) is 30.4 Å². The predicted octanol–water partition coefficient (Wildman–Crippen LogP) is 5.17. The molecule has 2 amide bonds. The van der Waals surface area contributed by atoms with Crippen LogP contribution in [0.1, 0.15) is 44.7 Å². The van der Waals surface area contributed by atoms with E-state index in [-0.39, 0.29) is 34.7 Å². The molecular weight excluding hydrogens is 508 g/mol. The third kappa shape index (κ3) is 6.87. The molecule has 0 fully saturated rings. The number of amides is 2. The number of ether oxygens (including phenoxy) is 2. The number of nitrogens with one attached hydrogen (secondary N) is 2. The molecular formula is C31H32N4O5. The number of nitrogens with two attached hydrogens (primary N) is 1. The minimum absolute atomic E-state index is 0.100. The number of hydrogen-bond acceptors (Lipinski definition) is 6. The van der Waals surface area contributed by atoms with Crippen molar-refractivity contribution >= 4 is 29.1 Å². The Morgan fingerprint density at radius 1 is 0.975 bits per heavy atom. The Balaban J connectivity index is 1.43. The molecule has 4 rings (SSSR count). The minimum atomic E-state index is -0.600. The van der Waals surface area contributed by atoms with Gasteiger partial charge in [-0.15, -0.1) is 0 Å². The molecule has 0 spiro atoms. The number of hydrogen-bond donors (Lipinski definition) is 4. The van der Waals surface area contributed by atoms with Gasteiger partial charge in [-0.05, 0) is 79.3 Å². The topological polar surface area (TPSA) is 135 Å². The number of allylic oxidation sites excluding steroid dienone is 4. The Hall–Kier alpha value is -5.05. The number of aliphatic imine (C=N–C) groups is 1. The largest absolute Gasteiger partial charge is 0.504 e. The minimum Gasteiger partial charge on any atom is -0.504 e. The maximum Gasteiger partial charge on any atom is 0.258 e. The lowest BCUT2D eigenvalue weighted by molar-refractivity contribution is 0.0974. The van der Waals surface area contributed by atoms with Crippen LogP contribution in [-0.2, 0) is 6.42 Å². The molecule has 0 unspecified atom stereocenters. The molecule has 5 N–H and O–H groups in total. The van der Waals surface area contributed by atoms with Crippen LogP contribution >= 0.6 is 0 Å². The summed E-state index contributed by atoms with van der Waals surface area (Å²) in [5.41, 5.74) is 10.9. The van der Waals surface area contributed by atoms with Crippen LogP contribution in [0.5, 0.6) is 17.2 Å². The molecule has 0 saturated carbocycles. The van der Waals surface area contributed by atoms with Crippen LogP contribution in [0.3, 0.4) is 0 Å². The molecule has 9 heteroatoms. The van der Waals surface area contributed by atoms with E-state index in [0.29, 0.717) is 16.9 Å². The molecule has 0 aromatic heterocycles. The normalized spacial score (nSPS) is 12.9. The summed E-state index contributed by atoms with van der Waals surface area (Å²) in [5, 5.41) is 15.5. The van der Waals surface area contributed by atoms with Crippen LogP contribution < -0.4 is 25.8 Å². The fourth-order valence-corrected chi connectivity index (χ4v) is 4.25. The van der Waals surface area contributed by atoms with Gasteiger partial charge in [0.25, 0.3) is 11.8 Å². The number of aryl methyl sites for hydroxylation is 1. The molecule has 0 saturated heterocycles. The lowest BCUT2D eigenvalue weighted by Crippen LogP contribution is -2.36. The van der Waals surface area contributed by atoms with Gasteiger partial charge in [0.15, 0.2) is 11.5 Å². The summed E-state index contributed by atoms with van der Waals surface area (Å²) in [6.45, 7) is 1.87. The number of aromatic hydroxyl groups is 1. The maximum absolute atomic E-state index is 12.9. The van der Waals surface area contributed by atoms with Crippen molar-refractivity contribution in [2.45, 2.75) is 26.2 Å². The zero-order valence-corrected chi connectivity index (χ0v) is 22.7. The van der Waals surface area contributed by atoms with E-state index in [1.807, 2.05) is 31.2 Å². The van der Waals surface area contributed by atoms with Crippen molar-refractivity contribution in [1.29, 1.82) is 0 Å². The Labute approximate surface area is 233 Å². The van der Waals surface area contributed by atoms with Gasteiger partial charge in [0.2, 0.25) is 11.7 Å². The van der Waals surface area contributed by atoms with E-state index in [4.69, 9.17) is 15.2 Å². The summed E-state index contributed by atoms with van der Waals surface area (Å²) < 4.78 is 10.2. The molecule has 0 radical (unpaired) electrons. The summed E-state index contributed by atoms with van der Waals surface area (Å²) in [7, 11) is 2.77. The number of nitrogens with zero attached hydrogens (tertiary/aromatic N) is 1. The average Bonchev–Trinajstić information content (AvgIpc) is 2.95. The van der Waals surface area contributed by atoms with Gasteiger partial charge in [0, 0.05) is 16.8 Å². The number of carbonyl (C=O) groups excluding carboxylic acids is 2. The summed E-state index contributed by atoms with van der Waals surface area (Å²) in [6, 6.07) is 15.4. The van der Waals surface area contributed by atoms with Crippen molar-refractivity contribution in [3.63, 3.8) is 0 Å². The van der Waals surface area contributed by atoms with Crippen molar-refractivity contribution in [1.82, 2.24) is 5.32 Å². The van der Waals surface area contributed by atoms with Crippen molar-refractivity contribution in [3.8, 4) is 17.2 Å². The first-order valence-corrected chi connectivity index (χ1v) is 12.7. The summed E-state index contributed by atoms with van der Waals surface area (Å²) in [5.74, 6) is -0.968. The highest BCUT2D eigenvalue weighted by molar-refractivity contribution is 6.07. The summed E-state index contributed by atoms with van der Waals surface area (Å²) in [4.78, 5) is 29.9. The number of benzene rings is 3. The fourth-order valence-electron chi connectivity index (χ4n) is 4.25. The van der Waals surface area contributed by atoms with E-state index in [9.17, 15) is 14.7 Å². The lowest BCUT2D eigenvalue weighted by Gasteiger charge is -2.12. The lowest BCUT2D eigenvalue weighted by atomic mass is 9.99. The fraction of sp³-hybridized carbons (Fsp3) is 0.194. The molecule has 3 aromatic carbocycles. The number of phenolic OH excluding ortho intramolecular Hbond substituents is 1. The van der Waals surface area contributed by atoms with Crippen LogP contribution in [0.25, 0.3) is 0 Å². The first-order chi connectivity index (χ1) is 19.3. The molecule has 0 heterocycles. The Morgan fingerprint density at radius 3 is 2.42 bits per heavy atom. The number of rotatable bonds is 8. The van der Waals surface area contributed by atoms with Gasteiger partial charge >= 0.3 is 0 Å². The number of carbonyl (C=O) groups is 2. The van der Waals surface area contributed by atoms with Crippen LogP contribution in [-0.4, -0.2) is 37.1 Å². The third-order valence-electron chi connectivity index (χ3n) is 6.38. The number of phenols is 1. The van der Waals surface area contributed by atoms with Crippen LogP contribution in [0, 0.1) is 6.92 Å². The van der Waals surface area contributed by atoms with E-state index in [1.165, 1.54) is 31.9 Å². The second kappa shape index (κ2) is 12.7. The molecule has 0 aliphatic heterocycles. The van der Waals surface area contributed by atoms with Crippen molar-refractivity contribution in [3.05, 3.63) is 101 Å². The first-order valence-electron chi connectivity index (χ1n) is 12.7. The SMILES string of the molecule is COc1cc(C(=O)NC(N)=Nc2ccc(C)c(NC(=O)c3ccc(CC4=CCCC=C4)cc3)c2)cc(O)c1OC. The zero-order chi connectivity index (χ0) is 28.6. The molecule has 206 valence electrons. The van der Waals surface area contributed by atoms with Crippen LogP contribution in [0.2, 0.25) is 0 Å². The quantitative estimate of drug-likeness (QED) is 0.230. The molecule has 0 atom stereocenters. The Bertz CT molecular complexity index is 1510. The molecule has 3 aromatic rings. The molecule has 0 bridgehead atoms. The van der Waals surface area contributed by atoms with Crippen LogP contribution in [0.15, 0.2) is 83.4 Å². The third-order valence-corrected chi connectivity index (χ3v) is 6.38. The first kappa shape index (κ1) is 28.0. The highest BCUT2D eigenvalue weighted by Crippen LogP contribution is 2.37. The van der Waals surface area contributed by atoms with Crippen molar-refractivity contribution in [2.24, 2.45) is 10.7 Å².